The minimum atomic E-state index is -0.0633. The zero-order valence-electron chi connectivity index (χ0n) is 15.8. The number of hydrogen-bond acceptors (Lipinski definition) is 6. The van der Waals surface area contributed by atoms with Crippen molar-refractivity contribution in [1.29, 1.82) is 0 Å². The van der Waals surface area contributed by atoms with Gasteiger partial charge in [-0.05, 0) is 50.0 Å². The number of aromatic nitrogens is 3. The first kappa shape index (κ1) is 18.8. The van der Waals surface area contributed by atoms with Crippen LogP contribution in [0.4, 0.5) is 0 Å². The Kier molecular flexibility index (Phi) is 5.78. The zero-order valence-corrected chi connectivity index (χ0v) is 15.8. The highest BCUT2D eigenvalue weighted by Gasteiger charge is 2.25. The van der Waals surface area contributed by atoms with E-state index in [0.717, 1.165) is 43.7 Å². The molecular formula is C20H25N5O3. The minimum absolute atomic E-state index is 0.0399. The third kappa shape index (κ3) is 4.63. The predicted molar refractivity (Wildman–Crippen MR) is 104 cm³/mol. The first-order valence-corrected chi connectivity index (χ1v) is 9.76. The number of pyridine rings is 1. The van der Waals surface area contributed by atoms with Gasteiger partial charge in [0.15, 0.2) is 0 Å². The smallest absolute Gasteiger partial charge is 0.266 e. The highest BCUT2D eigenvalue weighted by molar-refractivity contribution is 5.77. The summed E-state index contributed by atoms with van der Waals surface area (Å²) in [5.41, 5.74) is 1.68. The molecule has 8 nitrogen and oxygen atoms in total. The summed E-state index contributed by atoms with van der Waals surface area (Å²) in [6, 6.07) is 7.14. The molecule has 1 N–H and O–H groups in total. The molecule has 4 heterocycles. The van der Waals surface area contributed by atoms with E-state index >= 15 is 0 Å². The molecule has 0 saturated carbocycles. The van der Waals surface area contributed by atoms with Crippen LogP contribution in [0.15, 0.2) is 41.5 Å². The van der Waals surface area contributed by atoms with Gasteiger partial charge in [-0.2, -0.15) is 5.10 Å². The van der Waals surface area contributed by atoms with E-state index in [1.54, 1.807) is 29.2 Å². The van der Waals surface area contributed by atoms with E-state index in [-0.39, 0.29) is 24.2 Å². The summed E-state index contributed by atoms with van der Waals surface area (Å²) in [7, 11) is 0. The maximum Gasteiger partial charge on any atom is 0.266 e. The van der Waals surface area contributed by atoms with Crippen LogP contribution in [-0.2, 0) is 16.1 Å². The van der Waals surface area contributed by atoms with Gasteiger partial charge in [-0.25, -0.2) is 4.68 Å². The Hall–Kier alpha value is -2.58. The molecule has 1 amide bonds. The Balaban J connectivity index is 1.32. The third-order valence-corrected chi connectivity index (χ3v) is 5.42. The first-order chi connectivity index (χ1) is 13.7. The van der Waals surface area contributed by atoms with Gasteiger partial charge in [0.05, 0.1) is 11.8 Å². The standard InChI is InChI=1S/C20H25N5O3/c26-19-14-28-17(11-22-19)13-24-9-5-15(6-10-24)12-25-20(27)2-1-18(23-25)16-3-7-21-8-4-16/h1-4,7-8,15,17H,5-6,9-14H2,(H,22,26). The summed E-state index contributed by atoms with van der Waals surface area (Å²) >= 11 is 0. The number of amides is 1. The third-order valence-electron chi connectivity index (χ3n) is 5.42. The second-order valence-corrected chi connectivity index (χ2v) is 7.46. The van der Waals surface area contributed by atoms with Crippen LogP contribution in [0.1, 0.15) is 12.8 Å². The first-order valence-electron chi connectivity index (χ1n) is 9.76. The molecule has 2 aromatic heterocycles. The summed E-state index contributed by atoms with van der Waals surface area (Å²) in [5, 5.41) is 7.41. The molecule has 2 aliphatic rings. The maximum absolute atomic E-state index is 12.3. The summed E-state index contributed by atoms with van der Waals surface area (Å²) in [6.07, 6.45) is 5.56. The largest absolute Gasteiger partial charge is 0.365 e. The van der Waals surface area contributed by atoms with Gasteiger partial charge < -0.3 is 15.0 Å². The molecular weight excluding hydrogens is 358 g/mol. The van der Waals surface area contributed by atoms with Crippen LogP contribution in [0.3, 0.4) is 0 Å². The molecule has 0 aliphatic carbocycles. The lowest BCUT2D eigenvalue weighted by molar-refractivity contribution is -0.134. The molecule has 0 aromatic carbocycles. The Morgan fingerprint density at radius 2 is 1.86 bits per heavy atom. The fourth-order valence-electron chi connectivity index (χ4n) is 3.79. The molecule has 0 radical (unpaired) electrons. The van der Waals surface area contributed by atoms with Gasteiger partial charge in [0.2, 0.25) is 5.91 Å². The Bertz CT molecular complexity index is 852. The Labute approximate surface area is 163 Å². The fourth-order valence-corrected chi connectivity index (χ4v) is 3.79. The number of nitrogens with one attached hydrogen (secondary N) is 1. The number of nitrogens with zero attached hydrogens (tertiary/aromatic N) is 4. The summed E-state index contributed by atoms with van der Waals surface area (Å²) in [5.74, 6) is 0.392. The SMILES string of the molecule is O=C1COC(CN2CCC(Cn3nc(-c4ccncc4)ccc3=O)CC2)CN1. The van der Waals surface area contributed by atoms with Crippen molar-refractivity contribution in [2.75, 3.05) is 32.8 Å². The lowest BCUT2D eigenvalue weighted by Gasteiger charge is -2.35. The number of ether oxygens (including phenoxy) is 1. The van der Waals surface area contributed by atoms with Crippen LogP contribution in [0.2, 0.25) is 0 Å². The number of rotatable bonds is 5. The fraction of sp³-hybridized carbons (Fsp3) is 0.500. The van der Waals surface area contributed by atoms with Crippen LogP contribution in [0, 0.1) is 5.92 Å². The molecule has 28 heavy (non-hydrogen) atoms. The molecule has 2 aliphatic heterocycles. The van der Waals surface area contributed by atoms with Crippen LogP contribution < -0.4 is 10.9 Å². The second kappa shape index (κ2) is 8.62. The van der Waals surface area contributed by atoms with E-state index in [1.165, 1.54) is 0 Å². The van der Waals surface area contributed by atoms with Crippen molar-refractivity contribution in [1.82, 2.24) is 25.0 Å². The zero-order chi connectivity index (χ0) is 19.3. The summed E-state index contributed by atoms with van der Waals surface area (Å²) < 4.78 is 7.17. The molecule has 0 bridgehead atoms. The van der Waals surface area contributed by atoms with E-state index in [1.807, 2.05) is 12.1 Å². The predicted octanol–water partition coefficient (Wildman–Crippen LogP) is 0.532. The van der Waals surface area contributed by atoms with Crippen LogP contribution >= 0.6 is 0 Å². The van der Waals surface area contributed by atoms with Crippen molar-refractivity contribution in [3.05, 3.63) is 47.0 Å². The topological polar surface area (TPSA) is 89.3 Å². The van der Waals surface area contributed by atoms with Gasteiger partial charge in [0.25, 0.3) is 5.56 Å². The molecule has 148 valence electrons. The molecule has 8 heteroatoms. The van der Waals surface area contributed by atoms with Crippen LogP contribution in [0.25, 0.3) is 11.3 Å². The van der Waals surface area contributed by atoms with Gasteiger partial charge in [-0.1, -0.05) is 0 Å². The van der Waals surface area contributed by atoms with Crippen molar-refractivity contribution in [3.8, 4) is 11.3 Å². The number of piperidine rings is 1. The van der Waals surface area contributed by atoms with E-state index in [2.05, 4.69) is 20.3 Å². The lowest BCUT2D eigenvalue weighted by Crippen LogP contribution is -2.49. The van der Waals surface area contributed by atoms with E-state index < -0.39 is 0 Å². The van der Waals surface area contributed by atoms with Gasteiger partial charge in [-0.3, -0.25) is 14.6 Å². The quantitative estimate of drug-likeness (QED) is 0.810. The van der Waals surface area contributed by atoms with Gasteiger partial charge >= 0.3 is 0 Å². The molecule has 2 fully saturated rings. The molecule has 4 rings (SSSR count). The lowest BCUT2D eigenvalue weighted by atomic mass is 9.96. The maximum atomic E-state index is 12.3. The molecule has 0 spiro atoms. The van der Waals surface area contributed by atoms with Crippen molar-refractivity contribution >= 4 is 5.91 Å². The average Bonchev–Trinajstić information content (AvgIpc) is 2.73. The van der Waals surface area contributed by atoms with Crippen molar-refractivity contribution < 1.29 is 9.53 Å². The van der Waals surface area contributed by atoms with Crippen molar-refractivity contribution in [2.45, 2.75) is 25.5 Å². The molecule has 2 saturated heterocycles. The monoisotopic (exact) mass is 383 g/mol. The second-order valence-electron chi connectivity index (χ2n) is 7.46. The number of morpholine rings is 1. The van der Waals surface area contributed by atoms with E-state index in [9.17, 15) is 9.59 Å². The van der Waals surface area contributed by atoms with Gasteiger partial charge in [0.1, 0.15) is 6.61 Å². The van der Waals surface area contributed by atoms with Crippen molar-refractivity contribution in [2.24, 2.45) is 5.92 Å². The highest BCUT2D eigenvalue weighted by atomic mass is 16.5. The van der Waals surface area contributed by atoms with E-state index in [4.69, 9.17) is 4.74 Å². The minimum Gasteiger partial charge on any atom is -0.365 e. The van der Waals surface area contributed by atoms with Crippen molar-refractivity contribution in [3.63, 3.8) is 0 Å². The Morgan fingerprint density at radius 1 is 1.07 bits per heavy atom. The van der Waals surface area contributed by atoms with Crippen LogP contribution in [-0.4, -0.2) is 64.5 Å². The highest BCUT2D eigenvalue weighted by Crippen LogP contribution is 2.20. The molecule has 1 unspecified atom stereocenters. The number of likely N-dealkylation sites (tertiary alicyclic amines) is 1. The van der Waals surface area contributed by atoms with E-state index in [0.29, 0.717) is 19.0 Å². The normalized spacial score (nSPS) is 21.4. The summed E-state index contributed by atoms with van der Waals surface area (Å²) in [4.78, 5) is 29.8. The van der Waals surface area contributed by atoms with Gasteiger partial charge in [-0.15, -0.1) is 0 Å². The average molecular weight is 383 g/mol. The molecule has 2 aromatic rings. The molecule has 1 atom stereocenters. The van der Waals surface area contributed by atoms with Crippen LogP contribution in [0.5, 0.6) is 0 Å². The number of hydrogen-bond donors (Lipinski definition) is 1. The summed E-state index contributed by atoms with van der Waals surface area (Å²) in [6.45, 7) is 4.16. The number of carbonyl (C=O) groups excluding carboxylic acids is 1. The number of carbonyl (C=O) groups is 1. The van der Waals surface area contributed by atoms with Gasteiger partial charge in [0, 0.05) is 43.7 Å². The Morgan fingerprint density at radius 3 is 2.57 bits per heavy atom.